The first-order valence-corrected chi connectivity index (χ1v) is 19.5. The van der Waals surface area contributed by atoms with Crippen molar-refractivity contribution < 1.29 is 23.8 Å². The number of aromatic nitrogens is 2. The van der Waals surface area contributed by atoms with Gasteiger partial charge in [-0.2, -0.15) is 15.2 Å². The number of nitrogens with zero attached hydrogens (tertiary/aromatic N) is 7. The molecule has 0 radical (unpaired) electrons. The summed E-state index contributed by atoms with van der Waals surface area (Å²) in [7, 11) is 0. The molecule has 4 aromatic rings. The third-order valence-corrected chi connectivity index (χ3v) is 11.2. The summed E-state index contributed by atoms with van der Waals surface area (Å²) in [5.41, 5.74) is 2.82. The standard InChI is InChI=1S/C43H49N7O5/c1-42(2,3)55-41(52)50-23-10-17-37(50)43(20-21-43)54-39-45-35-28-47(36-16-9-14-31-13-7-8-15-33(31)36)24-19-34(35)38(46-39)48-25-26-49(32(27-48)18-22-44)40(51)53-29-30-11-5-4-6-12-30/h4-9,11-16,32,37H,10,17-21,23-29H2,1-3H3/t32-,37+/m0/s1. The number of piperazine rings is 1. The lowest BCUT2D eigenvalue weighted by molar-refractivity contribution is 0.00295. The van der Waals surface area contributed by atoms with E-state index in [0.717, 1.165) is 67.0 Å². The highest BCUT2D eigenvalue weighted by molar-refractivity contribution is 5.94. The van der Waals surface area contributed by atoms with Crippen molar-refractivity contribution in [1.29, 1.82) is 5.26 Å². The van der Waals surface area contributed by atoms with E-state index in [1.165, 1.54) is 10.8 Å². The van der Waals surface area contributed by atoms with Crippen LogP contribution in [-0.2, 0) is 29.0 Å². The molecule has 2 amide bonds. The number of amides is 2. The number of fused-ring (bicyclic) bond motifs is 2. The number of rotatable bonds is 8. The summed E-state index contributed by atoms with van der Waals surface area (Å²) in [5.74, 6) is 0.782. The topological polar surface area (TPSA) is 124 Å². The van der Waals surface area contributed by atoms with Crippen LogP contribution in [0.4, 0.5) is 21.1 Å². The van der Waals surface area contributed by atoms with E-state index in [2.05, 4.69) is 58.3 Å². The molecule has 0 spiro atoms. The molecule has 3 fully saturated rings. The molecule has 55 heavy (non-hydrogen) atoms. The van der Waals surface area contributed by atoms with E-state index in [1.54, 1.807) is 4.90 Å². The fourth-order valence-corrected chi connectivity index (χ4v) is 8.42. The third-order valence-electron chi connectivity index (χ3n) is 11.2. The zero-order valence-corrected chi connectivity index (χ0v) is 31.9. The lowest BCUT2D eigenvalue weighted by Crippen LogP contribution is -2.56. The number of hydrogen-bond acceptors (Lipinski definition) is 10. The van der Waals surface area contributed by atoms with Gasteiger partial charge in [-0.25, -0.2) is 9.59 Å². The Bertz CT molecular complexity index is 2090. The molecule has 3 aromatic carbocycles. The Morgan fingerprint density at radius 3 is 2.45 bits per heavy atom. The molecule has 1 saturated carbocycles. The van der Waals surface area contributed by atoms with Crippen LogP contribution in [-0.4, -0.2) is 88.0 Å². The zero-order valence-electron chi connectivity index (χ0n) is 31.9. The van der Waals surface area contributed by atoms with Gasteiger partial charge in [-0.3, -0.25) is 0 Å². The minimum absolute atomic E-state index is 0.136. The molecular formula is C43H49N7O5. The Labute approximate surface area is 322 Å². The maximum absolute atomic E-state index is 13.4. The SMILES string of the molecule is CC(C)(C)OC(=O)N1CCC[C@@H]1C1(Oc2nc3c(c(N4CCN(C(=O)OCc5ccccc5)[C@@H](CC#N)C4)n2)CCN(c2cccc4ccccc24)C3)CC1. The van der Waals surface area contributed by atoms with Crippen LogP contribution < -0.4 is 14.5 Å². The maximum Gasteiger partial charge on any atom is 0.410 e. The summed E-state index contributed by atoms with van der Waals surface area (Å²) in [5, 5.41) is 12.2. The van der Waals surface area contributed by atoms with Crippen LogP contribution in [0.5, 0.6) is 6.01 Å². The van der Waals surface area contributed by atoms with Crippen LogP contribution in [0.1, 0.15) is 69.7 Å². The molecule has 12 heteroatoms. The highest BCUT2D eigenvalue weighted by Crippen LogP contribution is 2.48. The average molecular weight is 744 g/mol. The molecule has 286 valence electrons. The number of nitriles is 1. The van der Waals surface area contributed by atoms with E-state index in [0.29, 0.717) is 38.7 Å². The molecule has 0 N–H and O–H groups in total. The number of anilines is 2. The molecule has 4 aliphatic rings. The van der Waals surface area contributed by atoms with Crippen molar-refractivity contribution in [3.05, 3.63) is 89.6 Å². The Kier molecular flexibility index (Phi) is 9.88. The number of likely N-dealkylation sites (tertiary alicyclic amines) is 1. The third kappa shape index (κ3) is 7.70. The lowest BCUT2D eigenvalue weighted by Gasteiger charge is -2.42. The number of carbonyl (C=O) groups is 2. The quantitative estimate of drug-likeness (QED) is 0.182. The molecule has 1 aliphatic carbocycles. The van der Waals surface area contributed by atoms with Gasteiger partial charge in [-0.1, -0.05) is 66.7 Å². The van der Waals surface area contributed by atoms with Crippen molar-refractivity contribution in [2.45, 2.75) is 95.7 Å². The van der Waals surface area contributed by atoms with Gasteiger partial charge in [-0.15, -0.1) is 0 Å². The normalized spacial score (nSPS) is 20.5. The van der Waals surface area contributed by atoms with Crippen LogP contribution in [0.15, 0.2) is 72.8 Å². The molecular weight excluding hydrogens is 695 g/mol. The zero-order chi connectivity index (χ0) is 38.2. The first-order chi connectivity index (χ1) is 26.6. The minimum atomic E-state index is -0.597. The van der Waals surface area contributed by atoms with Gasteiger partial charge < -0.3 is 33.8 Å². The van der Waals surface area contributed by atoms with Gasteiger partial charge in [0.15, 0.2) is 0 Å². The molecule has 0 bridgehead atoms. The van der Waals surface area contributed by atoms with E-state index in [4.69, 9.17) is 24.2 Å². The molecule has 2 saturated heterocycles. The van der Waals surface area contributed by atoms with E-state index in [9.17, 15) is 14.9 Å². The van der Waals surface area contributed by atoms with E-state index >= 15 is 0 Å². The van der Waals surface area contributed by atoms with E-state index in [1.807, 2.05) is 56.0 Å². The van der Waals surface area contributed by atoms with Crippen molar-refractivity contribution in [3.8, 4) is 12.1 Å². The highest BCUT2D eigenvalue weighted by atomic mass is 16.6. The molecule has 0 unspecified atom stereocenters. The molecule has 12 nitrogen and oxygen atoms in total. The summed E-state index contributed by atoms with van der Waals surface area (Å²) in [6, 6.07) is 26.5. The van der Waals surface area contributed by atoms with Gasteiger partial charge in [-0.05, 0) is 69.9 Å². The van der Waals surface area contributed by atoms with Gasteiger partial charge in [0.25, 0.3) is 0 Å². The van der Waals surface area contributed by atoms with Crippen LogP contribution >= 0.6 is 0 Å². The summed E-state index contributed by atoms with van der Waals surface area (Å²) >= 11 is 0. The van der Waals surface area contributed by atoms with E-state index in [-0.39, 0.29) is 31.2 Å². The number of benzene rings is 3. The van der Waals surface area contributed by atoms with E-state index < -0.39 is 17.3 Å². The highest BCUT2D eigenvalue weighted by Gasteiger charge is 2.58. The van der Waals surface area contributed by atoms with Gasteiger partial charge in [0, 0.05) is 49.4 Å². The lowest BCUT2D eigenvalue weighted by atomic mass is 10.0. The summed E-state index contributed by atoms with van der Waals surface area (Å²) in [6.07, 6.45) is 3.43. The smallest absolute Gasteiger partial charge is 0.410 e. The van der Waals surface area contributed by atoms with Gasteiger partial charge in [0.2, 0.25) is 0 Å². The second-order valence-electron chi connectivity index (χ2n) is 16.1. The second-order valence-corrected chi connectivity index (χ2v) is 16.1. The minimum Gasteiger partial charge on any atom is -0.455 e. The second kappa shape index (κ2) is 14.9. The van der Waals surface area contributed by atoms with Crippen LogP contribution in [0.25, 0.3) is 10.8 Å². The van der Waals surface area contributed by atoms with Crippen molar-refractivity contribution >= 4 is 34.5 Å². The largest absolute Gasteiger partial charge is 0.455 e. The monoisotopic (exact) mass is 743 g/mol. The summed E-state index contributed by atoms with van der Waals surface area (Å²) in [4.78, 5) is 45.1. The van der Waals surface area contributed by atoms with Gasteiger partial charge >= 0.3 is 18.2 Å². The van der Waals surface area contributed by atoms with Crippen LogP contribution in [0.2, 0.25) is 0 Å². The Hall–Kier alpha value is -5.57. The van der Waals surface area contributed by atoms with Crippen molar-refractivity contribution in [3.63, 3.8) is 0 Å². The predicted molar refractivity (Wildman–Crippen MR) is 209 cm³/mol. The number of hydrogen-bond donors (Lipinski definition) is 0. The fraction of sp³-hybridized carbons (Fsp3) is 0.465. The van der Waals surface area contributed by atoms with Crippen molar-refractivity contribution in [2.24, 2.45) is 0 Å². The van der Waals surface area contributed by atoms with Crippen LogP contribution in [0.3, 0.4) is 0 Å². The summed E-state index contributed by atoms with van der Waals surface area (Å²) < 4.78 is 18.4. The fourth-order valence-electron chi connectivity index (χ4n) is 8.42. The van der Waals surface area contributed by atoms with Gasteiger partial charge in [0.05, 0.1) is 36.8 Å². The van der Waals surface area contributed by atoms with Crippen molar-refractivity contribution in [1.82, 2.24) is 19.8 Å². The van der Waals surface area contributed by atoms with Crippen LogP contribution in [0, 0.1) is 11.3 Å². The van der Waals surface area contributed by atoms with Crippen molar-refractivity contribution in [2.75, 3.05) is 42.5 Å². The Morgan fingerprint density at radius 1 is 0.891 bits per heavy atom. The molecule has 3 aliphatic heterocycles. The Morgan fingerprint density at radius 2 is 1.67 bits per heavy atom. The predicted octanol–water partition coefficient (Wildman–Crippen LogP) is 7.24. The molecule has 2 atom stereocenters. The summed E-state index contributed by atoms with van der Waals surface area (Å²) in [6.45, 7) is 9.12. The number of carbonyl (C=O) groups excluding carboxylic acids is 2. The maximum atomic E-state index is 13.4. The van der Waals surface area contributed by atoms with Gasteiger partial charge in [0.1, 0.15) is 23.6 Å². The Balaban J connectivity index is 1.09. The molecule has 4 heterocycles. The molecule has 1 aromatic heterocycles. The molecule has 8 rings (SSSR count). The first-order valence-electron chi connectivity index (χ1n) is 19.5. The number of ether oxygens (including phenoxy) is 3. The average Bonchev–Trinajstić information content (AvgIpc) is 3.77. The first kappa shape index (κ1) is 36.4.